The lowest BCUT2D eigenvalue weighted by Crippen LogP contribution is -2.40. The van der Waals surface area contributed by atoms with Gasteiger partial charge in [0.25, 0.3) is 0 Å². The van der Waals surface area contributed by atoms with Crippen molar-refractivity contribution in [1.29, 1.82) is 0 Å². The van der Waals surface area contributed by atoms with Crippen LogP contribution in [0.1, 0.15) is 18.4 Å². The summed E-state index contributed by atoms with van der Waals surface area (Å²) in [6.07, 6.45) is 3.65. The zero-order valence-corrected chi connectivity index (χ0v) is 13.2. The Morgan fingerprint density at radius 3 is 3.04 bits per heavy atom. The molecule has 6 nitrogen and oxygen atoms in total. The first kappa shape index (κ1) is 15.0. The number of aromatic nitrogens is 4. The Bertz CT molecular complexity index is 836. The van der Waals surface area contributed by atoms with Gasteiger partial charge in [0.05, 0.1) is 12.7 Å². The molecule has 0 spiro atoms. The Morgan fingerprint density at radius 2 is 2.12 bits per heavy atom. The van der Waals surface area contributed by atoms with Crippen molar-refractivity contribution >= 4 is 11.5 Å². The molecular weight excluding hydrogens is 309 g/mol. The van der Waals surface area contributed by atoms with E-state index in [1.54, 1.807) is 23.0 Å². The molecule has 0 saturated carbocycles. The number of hydrogen-bond acceptors (Lipinski definition) is 5. The van der Waals surface area contributed by atoms with Gasteiger partial charge in [-0.1, -0.05) is 18.2 Å². The number of rotatable bonds is 4. The minimum atomic E-state index is -0.218. The Balaban J connectivity index is 1.42. The van der Waals surface area contributed by atoms with Crippen LogP contribution in [0.15, 0.2) is 42.7 Å². The maximum atomic E-state index is 13.7. The lowest BCUT2D eigenvalue weighted by Gasteiger charge is -2.33. The fraction of sp³-hybridized carbons (Fsp3) is 0.353. The van der Waals surface area contributed by atoms with E-state index in [1.165, 1.54) is 6.07 Å². The van der Waals surface area contributed by atoms with Gasteiger partial charge >= 0.3 is 0 Å². The van der Waals surface area contributed by atoms with E-state index in [0.717, 1.165) is 37.4 Å². The van der Waals surface area contributed by atoms with Crippen molar-refractivity contribution in [3.05, 3.63) is 54.1 Å². The number of benzene rings is 1. The van der Waals surface area contributed by atoms with Crippen LogP contribution in [0, 0.1) is 5.82 Å². The standard InChI is InChI=1S/C17H18FN5O/c18-15-6-2-1-4-13(15)11-24-14-5-3-9-22(10-14)17-8-7-16-20-19-12-23(16)21-17/h1-2,4,6-8,12,14H,3,5,9-11H2/t14-/m0/s1. The predicted octanol–water partition coefficient (Wildman–Crippen LogP) is 2.45. The van der Waals surface area contributed by atoms with Crippen LogP contribution in [0.3, 0.4) is 0 Å². The molecule has 1 saturated heterocycles. The molecule has 1 aliphatic heterocycles. The number of anilines is 1. The van der Waals surface area contributed by atoms with Gasteiger partial charge < -0.3 is 9.64 Å². The lowest BCUT2D eigenvalue weighted by molar-refractivity contribution is 0.0300. The van der Waals surface area contributed by atoms with E-state index in [0.29, 0.717) is 12.2 Å². The van der Waals surface area contributed by atoms with Crippen LogP contribution in [0.2, 0.25) is 0 Å². The molecule has 3 aromatic rings. The molecule has 4 rings (SSSR count). The molecule has 0 unspecified atom stereocenters. The van der Waals surface area contributed by atoms with Gasteiger partial charge in [0.15, 0.2) is 5.65 Å². The number of fused-ring (bicyclic) bond motifs is 1. The van der Waals surface area contributed by atoms with Gasteiger partial charge in [-0.15, -0.1) is 15.3 Å². The van der Waals surface area contributed by atoms with Gasteiger partial charge in [-0.25, -0.2) is 4.39 Å². The minimum absolute atomic E-state index is 0.0664. The number of ether oxygens (including phenoxy) is 1. The quantitative estimate of drug-likeness (QED) is 0.737. The van der Waals surface area contributed by atoms with Crippen molar-refractivity contribution in [2.45, 2.75) is 25.6 Å². The Hall–Kier alpha value is -2.54. The van der Waals surface area contributed by atoms with Gasteiger partial charge in [0, 0.05) is 18.7 Å². The third-order valence-electron chi connectivity index (χ3n) is 4.28. The molecule has 1 fully saturated rings. The van der Waals surface area contributed by atoms with Crippen LogP contribution in [-0.4, -0.2) is 39.0 Å². The first-order valence-corrected chi connectivity index (χ1v) is 8.06. The molecule has 1 atom stereocenters. The van der Waals surface area contributed by atoms with Crippen molar-refractivity contribution in [3.8, 4) is 0 Å². The van der Waals surface area contributed by atoms with E-state index in [-0.39, 0.29) is 11.9 Å². The van der Waals surface area contributed by atoms with Gasteiger partial charge in [-0.2, -0.15) is 4.52 Å². The van der Waals surface area contributed by atoms with Crippen molar-refractivity contribution in [2.75, 3.05) is 18.0 Å². The first-order chi connectivity index (χ1) is 11.8. The summed E-state index contributed by atoms with van der Waals surface area (Å²) in [5.41, 5.74) is 1.32. The van der Waals surface area contributed by atoms with E-state index in [1.807, 2.05) is 18.2 Å². The number of piperidine rings is 1. The van der Waals surface area contributed by atoms with Gasteiger partial charge in [0.2, 0.25) is 0 Å². The monoisotopic (exact) mass is 327 g/mol. The molecule has 2 aromatic heterocycles. The van der Waals surface area contributed by atoms with Crippen LogP contribution in [0.5, 0.6) is 0 Å². The van der Waals surface area contributed by atoms with Gasteiger partial charge in [-0.05, 0) is 31.0 Å². The normalized spacial score (nSPS) is 18.2. The maximum absolute atomic E-state index is 13.7. The molecule has 124 valence electrons. The summed E-state index contributed by atoms with van der Waals surface area (Å²) < 4.78 is 21.3. The molecular formula is C17H18FN5O. The Morgan fingerprint density at radius 1 is 1.21 bits per heavy atom. The second-order valence-corrected chi connectivity index (χ2v) is 5.94. The zero-order chi connectivity index (χ0) is 16.4. The topological polar surface area (TPSA) is 55.5 Å². The molecule has 0 amide bonds. The average Bonchev–Trinajstić information content (AvgIpc) is 3.09. The maximum Gasteiger partial charge on any atom is 0.177 e. The second kappa shape index (κ2) is 6.52. The van der Waals surface area contributed by atoms with Crippen molar-refractivity contribution in [1.82, 2.24) is 19.8 Å². The highest BCUT2D eigenvalue weighted by Crippen LogP contribution is 2.21. The van der Waals surface area contributed by atoms with E-state index < -0.39 is 0 Å². The van der Waals surface area contributed by atoms with Gasteiger partial charge in [0.1, 0.15) is 18.0 Å². The van der Waals surface area contributed by atoms with Crippen LogP contribution < -0.4 is 4.90 Å². The highest BCUT2D eigenvalue weighted by molar-refractivity contribution is 5.45. The first-order valence-electron chi connectivity index (χ1n) is 8.06. The minimum Gasteiger partial charge on any atom is -0.372 e. The third kappa shape index (κ3) is 3.07. The van der Waals surface area contributed by atoms with Crippen molar-refractivity contribution in [2.24, 2.45) is 0 Å². The molecule has 1 aromatic carbocycles. The molecule has 0 N–H and O–H groups in total. The van der Waals surface area contributed by atoms with E-state index in [4.69, 9.17) is 4.74 Å². The predicted molar refractivity (Wildman–Crippen MR) is 87.2 cm³/mol. The molecule has 0 bridgehead atoms. The van der Waals surface area contributed by atoms with E-state index in [2.05, 4.69) is 20.2 Å². The molecule has 7 heteroatoms. The molecule has 0 radical (unpaired) electrons. The Labute approximate surface area is 138 Å². The number of nitrogens with zero attached hydrogens (tertiary/aromatic N) is 5. The largest absolute Gasteiger partial charge is 0.372 e. The van der Waals surface area contributed by atoms with Crippen molar-refractivity contribution in [3.63, 3.8) is 0 Å². The molecule has 1 aliphatic rings. The van der Waals surface area contributed by atoms with Crippen LogP contribution in [0.4, 0.5) is 10.2 Å². The van der Waals surface area contributed by atoms with Crippen LogP contribution >= 0.6 is 0 Å². The SMILES string of the molecule is Fc1ccccc1CO[C@H]1CCCN(c2ccc3nncn3n2)C1. The molecule has 0 aliphatic carbocycles. The second-order valence-electron chi connectivity index (χ2n) is 5.94. The molecule has 3 heterocycles. The summed E-state index contributed by atoms with van der Waals surface area (Å²) in [6.45, 7) is 1.97. The Kier molecular flexibility index (Phi) is 4.08. The van der Waals surface area contributed by atoms with E-state index in [9.17, 15) is 4.39 Å². The molecule has 24 heavy (non-hydrogen) atoms. The lowest BCUT2D eigenvalue weighted by atomic mass is 10.1. The fourth-order valence-electron chi connectivity index (χ4n) is 2.99. The third-order valence-corrected chi connectivity index (χ3v) is 4.28. The average molecular weight is 327 g/mol. The number of hydrogen-bond donors (Lipinski definition) is 0. The van der Waals surface area contributed by atoms with Crippen molar-refractivity contribution < 1.29 is 9.13 Å². The van der Waals surface area contributed by atoms with Crippen LogP contribution in [0.25, 0.3) is 5.65 Å². The van der Waals surface area contributed by atoms with E-state index >= 15 is 0 Å². The number of halogens is 1. The summed E-state index contributed by atoms with van der Waals surface area (Å²) in [7, 11) is 0. The van der Waals surface area contributed by atoms with Crippen LogP contribution in [-0.2, 0) is 11.3 Å². The highest BCUT2D eigenvalue weighted by atomic mass is 19.1. The summed E-state index contributed by atoms with van der Waals surface area (Å²) in [5, 5.41) is 12.3. The fourth-order valence-corrected chi connectivity index (χ4v) is 2.99. The summed E-state index contributed by atoms with van der Waals surface area (Å²) in [6, 6.07) is 10.6. The summed E-state index contributed by atoms with van der Waals surface area (Å²) >= 11 is 0. The smallest absolute Gasteiger partial charge is 0.177 e. The van der Waals surface area contributed by atoms with Gasteiger partial charge in [-0.3, -0.25) is 0 Å². The summed E-state index contributed by atoms with van der Waals surface area (Å²) in [5.74, 6) is 0.659. The summed E-state index contributed by atoms with van der Waals surface area (Å²) in [4.78, 5) is 2.19. The highest BCUT2D eigenvalue weighted by Gasteiger charge is 2.22. The zero-order valence-electron chi connectivity index (χ0n) is 13.2.